The van der Waals surface area contributed by atoms with E-state index in [0.29, 0.717) is 21.3 Å². The van der Waals surface area contributed by atoms with E-state index < -0.39 is 0 Å². The second-order valence-electron chi connectivity index (χ2n) is 5.97. The van der Waals surface area contributed by atoms with Crippen molar-refractivity contribution in [1.29, 1.82) is 0 Å². The third-order valence-corrected chi connectivity index (χ3v) is 6.78. The number of aryl methyl sites for hydroxylation is 2. The first-order valence-corrected chi connectivity index (χ1v) is 10.1. The maximum atomic E-state index is 12.6. The van der Waals surface area contributed by atoms with Crippen molar-refractivity contribution >= 4 is 56.5 Å². The Morgan fingerprint density at radius 3 is 2.77 bits per heavy atom. The van der Waals surface area contributed by atoms with E-state index in [1.165, 1.54) is 27.7 Å². The number of hydrogen-bond donors (Lipinski definition) is 1. The molecule has 2 aromatic heterocycles. The van der Waals surface area contributed by atoms with Gasteiger partial charge in [-0.15, -0.1) is 11.3 Å². The number of carbonyl (C=O) groups excluding carboxylic acids is 1. The van der Waals surface area contributed by atoms with Crippen molar-refractivity contribution in [2.75, 3.05) is 11.1 Å². The average Bonchev–Trinajstić information content (AvgIpc) is 2.88. The number of carbonyl (C=O) groups is 1. The molecule has 1 aromatic carbocycles. The van der Waals surface area contributed by atoms with Crippen LogP contribution in [0.5, 0.6) is 0 Å². The molecule has 3 aromatic rings. The number of halogens is 1. The van der Waals surface area contributed by atoms with Gasteiger partial charge in [-0.05, 0) is 44.0 Å². The summed E-state index contributed by atoms with van der Waals surface area (Å²) in [5.74, 6) is -0.0191. The summed E-state index contributed by atoms with van der Waals surface area (Å²) in [6, 6.07) is 5.38. The van der Waals surface area contributed by atoms with Crippen LogP contribution in [0.4, 0.5) is 5.69 Å². The van der Waals surface area contributed by atoms with Crippen LogP contribution in [-0.2, 0) is 11.8 Å². The van der Waals surface area contributed by atoms with Gasteiger partial charge >= 0.3 is 0 Å². The molecule has 0 aliphatic rings. The van der Waals surface area contributed by atoms with E-state index in [-0.39, 0.29) is 17.2 Å². The largest absolute Gasteiger partial charge is 0.325 e. The van der Waals surface area contributed by atoms with Crippen LogP contribution in [-0.4, -0.2) is 21.2 Å². The Morgan fingerprint density at radius 2 is 2.04 bits per heavy atom. The lowest BCUT2D eigenvalue weighted by molar-refractivity contribution is -0.113. The van der Waals surface area contributed by atoms with Gasteiger partial charge in [-0.3, -0.25) is 14.2 Å². The minimum absolute atomic E-state index is 0.0783. The fourth-order valence-electron chi connectivity index (χ4n) is 2.54. The van der Waals surface area contributed by atoms with E-state index in [0.717, 1.165) is 20.8 Å². The van der Waals surface area contributed by atoms with Crippen molar-refractivity contribution in [2.24, 2.45) is 7.05 Å². The summed E-state index contributed by atoms with van der Waals surface area (Å²) in [5.41, 5.74) is 2.41. The van der Waals surface area contributed by atoms with Crippen LogP contribution in [0.1, 0.15) is 16.0 Å². The Balaban J connectivity index is 1.79. The van der Waals surface area contributed by atoms with E-state index in [1.54, 1.807) is 25.2 Å². The molecule has 0 saturated heterocycles. The van der Waals surface area contributed by atoms with Gasteiger partial charge in [0, 0.05) is 22.6 Å². The Bertz CT molecular complexity index is 1070. The average molecular weight is 408 g/mol. The van der Waals surface area contributed by atoms with E-state index >= 15 is 0 Å². The quantitative estimate of drug-likeness (QED) is 0.517. The topological polar surface area (TPSA) is 64.0 Å². The van der Waals surface area contributed by atoms with Gasteiger partial charge in [0.2, 0.25) is 5.91 Å². The zero-order valence-electron chi connectivity index (χ0n) is 14.8. The fourth-order valence-corrected chi connectivity index (χ4v) is 4.56. The number of nitrogens with one attached hydrogen (secondary N) is 1. The molecule has 2 heterocycles. The van der Waals surface area contributed by atoms with E-state index in [1.807, 2.05) is 20.8 Å². The molecule has 0 spiro atoms. The molecular formula is C18H18ClN3O2S2. The molecule has 0 aliphatic carbocycles. The Morgan fingerprint density at radius 1 is 1.31 bits per heavy atom. The van der Waals surface area contributed by atoms with Crippen LogP contribution in [0.2, 0.25) is 5.02 Å². The number of amides is 1. The molecule has 8 heteroatoms. The van der Waals surface area contributed by atoms with E-state index in [2.05, 4.69) is 10.3 Å². The smallest absolute Gasteiger partial charge is 0.262 e. The third kappa shape index (κ3) is 3.51. The number of aromatic nitrogens is 2. The molecule has 0 unspecified atom stereocenters. The Labute approximate surface area is 164 Å². The molecule has 0 atom stereocenters. The van der Waals surface area contributed by atoms with Crippen LogP contribution in [0.3, 0.4) is 0 Å². The summed E-state index contributed by atoms with van der Waals surface area (Å²) in [6.45, 7) is 5.77. The molecule has 1 amide bonds. The first-order valence-electron chi connectivity index (χ1n) is 7.94. The number of fused-ring (bicyclic) bond motifs is 1. The molecule has 3 rings (SSSR count). The van der Waals surface area contributed by atoms with Crippen molar-refractivity contribution in [3.05, 3.63) is 49.6 Å². The highest BCUT2D eigenvalue weighted by atomic mass is 35.5. The van der Waals surface area contributed by atoms with Gasteiger partial charge in [0.1, 0.15) is 4.83 Å². The van der Waals surface area contributed by atoms with Crippen molar-refractivity contribution < 1.29 is 4.79 Å². The van der Waals surface area contributed by atoms with Crippen LogP contribution in [0, 0.1) is 20.8 Å². The highest BCUT2D eigenvalue weighted by molar-refractivity contribution is 7.99. The summed E-state index contributed by atoms with van der Waals surface area (Å²) in [4.78, 5) is 31.3. The van der Waals surface area contributed by atoms with Gasteiger partial charge in [0.25, 0.3) is 5.56 Å². The zero-order valence-corrected chi connectivity index (χ0v) is 17.2. The number of thiophene rings is 1. The lowest BCUT2D eigenvalue weighted by Crippen LogP contribution is -2.21. The summed E-state index contributed by atoms with van der Waals surface area (Å²) in [5, 5.41) is 4.65. The minimum Gasteiger partial charge on any atom is -0.325 e. The fraction of sp³-hybridized carbons (Fsp3) is 0.278. The van der Waals surface area contributed by atoms with Crippen LogP contribution in [0.15, 0.2) is 28.2 Å². The first kappa shape index (κ1) is 18.9. The summed E-state index contributed by atoms with van der Waals surface area (Å²) >= 11 is 8.82. The molecule has 136 valence electrons. The van der Waals surface area contributed by atoms with E-state index in [4.69, 9.17) is 11.6 Å². The highest BCUT2D eigenvalue weighted by Gasteiger charge is 2.16. The van der Waals surface area contributed by atoms with Crippen LogP contribution < -0.4 is 10.9 Å². The zero-order chi connectivity index (χ0) is 19.0. The summed E-state index contributed by atoms with van der Waals surface area (Å²) < 4.78 is 1.50. The van der Waals surface area contributed by atoms with Gasteiger partial charge in [0.05, 0.1) is 11.1 Å². The summed E-state index contributed by atoms with van der Waals surface area (Å²) in [6.07, 6.45) is 0. The van der Waals surface area contributed by atoms with Crippen molar-refractivity contribution in [1.82, 2.24) is 9.55 Å². The number of hydrogen-bond acceptors (Lipinski definition) is 5. The molecule has 0 aliphatic heterocycles. The Kier molecular flexibility index (Phi) is 5.41. The monoisotopic (exact) mass is 407 g/mol. The Hall–Kier alpha value is -1.83. The van der Waals surface area contributed by atoms with Crippen molar-refractivity contribution in [2.45, 2.75) is 25.9 Å². The standard InChI is InChI=1S/C18H18ClN3O2S2/c1-9-11(3)26-16-15(9)17(24)22(4)18(21-16)25-8-14(23)20-13-7-5-6-12(19)10(13)2/h5-7H,8H2,1-4H3,(H,20,23). The van der Waals surface area contributed by atoms with Gasteiger partial charge in [-0.25, -0.2) is 4.98 Å². The van der Waals surface area contributed by atoms with Crippen LogP contribution in [0.25, 0.3) is 10.2 Å². The lowest BCUT2D eigenvalue weighted by Gasteiger charge is -2.10. The number of anilines is 1. The molecule has 26 heavy (non-hydrogen) atoms. The SMILES string of the molecule is Cc1sc2nc(SCC(=O)Nc3cccc(Cl)c3C)n(C)c(=O)c2c1C. The molecule has 0 saturated carbocycles. The van der Waals surface area contributed by atoms with Crippen molar-refractivity contribution in [3.63, 3.8) is 0 Å². The highest BCUT2D eigenvalue weighted by Crippen LogP contribution is 2.28. The number of benzene rings is 1. The predicted octanol–water partition coefficient (Wildman–Crippen LogP) is 4.30. The molecular weight excluding hydrogens is 390 g/mol. The third-order valence-electron chi connectivity index (χ3n) is 4.24. The first-order chi connectivity index (χ1) is 12.3. The van der Waals surface area contributed by atoms with Gasteiger partial charge in [0.15, 0.2) is 5.16 Å². The van der Waals surface area contributed by atoms with Crippen molar-refractivity contribution in [3.8, 4) is 0 Å². The van der Waals surface area contributed by atoms with Gasteiger partial charge < -0.3 is 5.32 Å². The molecule has 0 fully saturated rings. The summed E-state index contributed by atoms with van der Waals surface area (Å²) in [7, 11) is 1.68. The van der Waals surface area contributed by atoms with E-state index in [9.17, 15) is 9.59 Å². The predicted molar refractivity (Wildman–Crippen MR) is 110 cm³/mol. The number of rotatable bonds is 4. The number of nitrogens with zero attached hydrogens (tertiary/aromatic N) is 2. The second-order valence-corrected chi connectivity index (χ2v) is 8.52. The maximum Gasteiger partial charge on any atom is 0.262 e. The normalized spacial score (nSPS) is 11.1. The van der Waals surface area contributed by atoms with Crippen LogP contribution >= 0.6 is 34.7 Å². The molecule has 1 N–H and O–H groups in total. The minimum atomic E-state index is -0.173. The molecule has 0 bridgehead atoms. The van der Waals surface area contributed by atoms with Gasteiger partial charge in [-0.1, -0.05) is 29.4 Å². The molecule has 5 nitrogen and oxygen atoms in total. The molecule has 0 radical (unpaired) electrons. The maximum absolute atomic E-state index is 12.6. The number of thioether (sulfide) groups is 1. The lowest BCUT2D eigenvalue weighted by atomic mass is 10.2. The second kappa shape index (κ2) is 7.42. The van der Waals surface area contributed by atoms with Gasteiger partial charge in [-0.2, -0.15) is 0 Å².